The second-order valence-corrected chi connectivity index (χ2v) is 6.36. The van der Waals surface area contributed by atoms with E-state index in [-0.39, 0.29) is 0 Å². The van der Waals surface area contributed by atoms with E-state index in [0.717, 1.165) is 11.1 Å². The maximum atomic E-state index is 12.4. The smallest absolute Gasteiger partial charge is 0.185 e. The average molecular weight is 244 g/mol. The van der Waals surface area contributed by atoms with Crippen molar-refractivity contribution in [2.75, 3.05) is 0 Å². The van der Waals surface area contributed by atoms with Gasteiger partial charge >= 0.3 is 0 Å². The van der Waals surface area contributed by atoms with Gasteiger partial charge in [-0.05, 0) is 23.6 Å². The molecule has 86 valence electrons. The summed E-state index contributed by atoms with van der Waals surface area (Å²) < 4.78 is 24.8. The van der Waals surface area contributed by atoms with Crippen molar-refractivity contribution in [1.29, 1.82) is 0 Å². The first-order valence-electron chi connectivity index (χ1n) is 5.56. The maximum Gasteiger partial charge on any atom is 0.185 e. The maximum absolute atomic E-state index is 12.4. The molecule has 0 amide bonds. The summed E-state index contributed by atoms with van der Waals surface area (Å²) in [7, 11) is -3.20. The fourth-order valence-corrected chi connectivity index (χ4v) is 4.38. The molecule has 0 saturated carbocycles. The Bertz CT molecular complexity index is 645. The second-order valence-electron chi connectivity index (χ2n) is 4.26. The minimum Gasteiger partial charge on any atom is -0.223 e. The Hall–Kier alpha value is -1.61. The molecule has 2 aromatic rings. The first-order valence-corrected chi connectivity index (χ1v) is 7.11. The van der Waals surface area contributed by atoms with E-state index in [9.17, 15) is 8.42 Å². The van der Waals surface area contributed by atoms with Crippen molar-refractivity contribution in [2.24, 2.45) is 0 Å². The minimum atomic E-state index is -3.20. The summed E-state index contributed by atoms with van der Waals surface area (Å²) in [6, 6.07) is 16.7. The van der Waals surface area contributed by atoms with Gasteiger partial charge in [-0.2, -0.15) is 0 Å². The monoisotopic (exact) mass is 244 g/mol. The van der Waals surface area contributed by atoms with Gasteiger partial charge in [0, 0.05) is 0 Å². The van der Waals surface area contributed by atoms with E-state index in [1.165, 1.54) is 0 Å². The van der Waals surface area contributed by atoms with Crippen LogP contribution in [0, 0.1) is 0 Å². The molecule has 0 N–H and O–H groups in total. The second kappa shape index (κ2) is 3.70. The summed E-state index contributed by atoms with van der Waals surface area (Å²) in [5, 5.41) is -0.416. The fourth-order valence-electron chi connectivity index (χ4n) is 2.38. The van der Waals surface area contributed by atoms with Crippen molar-refractivity contribution in [3.8, 4) is 0 Å². The molecule has 0 unspecified atom stereocenters. The highest BCUT2D eigenvalue weighted by molar-refractivity contribution is 7.92. The highest BCUT2D eigenvalue weighted by atomic mass is 32.2. The van der Waals surface area contributed by atoms with Crippen LogP contribution >= 0.6 is 0 Å². The molecule has 0 bridgehead atoms. The number of sulfone groups is 1. The molecule has 0 radical (unpaired) electrons. The van der Waals surface area contributed by atoms with Crippen LogP contribution in [-0.2, 0) is 16.3 Å². The molecule has 0 aliphatic carbocycles. The first-order chi connectivity index (χ1) is 8.19. The van der Waals surface area contributed by atoms with Crippen LogP contribution in [-0.4, -0.2) is 8.42 Å². The molecule has 1 atom stereocenters. The van der Waals surface area contributed by atoms with Gasteiger partial charge in [0.05, 0.1) is 10.1 Å². The Morgan fingerprint density at radius 2 is 1.53 bits per heavy atom. The zero-order valence-corrected chi connectivity index (χ0v) is 10.0. The van der Waals surface area contributed by atoms with Crippen molar-refractivity contribution < 1.29 is 8.42 Å². The lowest BCUT2D eigenvalue weighted by Gasteiger charge is -2.09. The van der Waals surface area contributed by atoms with Gasteiger partial charge in [0.2, 0.25) is 0 Å². The minimum absolute atomic E-state index is 0.416. The van der Waals surface area contributed by atoms with Gasteiger partial charge in [-0.15, -0.1) is 0 Å². The predicted octanol–water partition coefficient (Wildman–Crippen LogP) is 2.76. The zero-order valence-electron chi connectivity index (χ0n) is 9.21. The Balaban J connectivity index is 2.15. The summed E-state index contributed by atoms with van der Waals surface area (Å²) in [6.07, 6.45) is 0.586. The third-order valence-corrected chi connectivity index (χ3v) is 5.43. The van der Waals surface area contributed by atoms with E-state index in [1.54, 1.807) is 12.1 Å². The van der Waals surface area contributed by atoms with Gasteiger partial charge in [-0.25, -0.2) is 8.42 Å². The predicted molar refractivity (Wildman–Crippen MR) is 66.5 cm³/mol. The quantitative estimate of drug-likeness (QED) is 0.773. The van der Waals surface area contributed by atoms with Crippen LogP contribution in [0.4, 0.5) is 0 Å². The average Bonchev–Trinajstić information content (AvgIpc) is 2.63. The molecule has 3 heteroatoms. The highest BCUT2D eigenvalue weighted by Crippen LogP contribution is 2.40. The van der Waals surface area contributed by atoms with Gasteiger partial charge in [0.1, 0.15) is 0 Å². The van der Waals surface area contributed by atoms with Gasteiger partial charge < -0.3 is 0 Å². The normalized spacial score (nSPS) is 21.1. The molecular formula is C14H12O2S. The van der Waals surface area contributed by atoms with Crippen molar-refractivity contribution >= 4 is 9.84 Å². The molecule has 2 nitrogen and oxygen atoms in total. The summed E-state index contributed by atoms with van der Waals surface area (Å²) in [5.74, 6) is 0. The lowest BCUT2D eigenvalue weighted by Crippen LogP contribution is -2.07. The third kappa shape index (κ3) is 1.58. The topological polar surface area (TPSA) is 34.1 Å². The van der Waals surface area contributed by atoms with Crippen LogP contribution in [0.2, 0.25) is 0 Å². The van der Waals surface area contributed by atoms with Crippen molar-refractivity contribution in [3.05, 3.63) is 65.7 Å². The molecule has 1 aliphatic rings. The zero-order chi connectivity index (χ0) is 11.9. The van der Waals surface area contributed by atoms with Crippen LogP contribution in [0.15, 0.2) is 59.5 Å². The number of hydrogen-bond donors (Lipinski definition) is 0. The summed E-state index contributed by atoms with van der Waals surface area (Å²) in [6.45, 7) is 0. The first kappa shape index (κ1) is 10.5. The van der Waals surface area contributed by atoms with Crippen LogP contribution in [0.25, 0.3) is 0 Å². The van der Waals surface area contributed by atoms with Crippen LogP contribution in [0.3, 0.4) is 0 Å². The molecule has 17 heavy (non-hydrogen) atoms. The van der Waals surface area contributed by atoms with Gasteiger partial charge in [-0.3, -0.25) is 0 Å². The summed E-state index contributed by atoms with van der Waals surface area (Å²) in [4.78, 5) is 0.494. The van der Waals surface area contributed by atoms with E-state index in [0.29, 0.717) is 11.3 Å². The summed E-state index contributed by atoms with van der Waals surface area (Å²) in [5.41, 5.74) is 1.81. The SMILES string of the molecule is O=S1(=O)c2ccccc2C[C@H]1c1ccccc1. The Morgan fingerprint density at radius 3 is 2.24 bits per heavy atom. The number of fused-ring (bicyclic) bond motifs is 1. The number of benzene rings is 2. The van der Waals surface area contributed by atoms with E-state index >= 15 is 0 Å². The third-order valence-electron chi connectivity index (χ3n) is 3.23. The number of rotatable bonds is 1. The summed E-state index contributed by atoms with van der Waals surface area (Å²) >= 11 is 0. The molecule has 1 heterocycles. The van der Waals surface area contributed by atoms with E-state index in [4.69, 9.17) is 0 Å². The van der Waals surface area contributed by atoms with Crippen molar-refractivity contribution in [2.45, 2.75) is 16.6 Å². The van der Waals surface area contributed by atoms with Crippen molar-refractivity contribution in [1.82, 2.24) is 0 Å². The molecule has 0 saturated heterocycles. The highest BCUT2D eigenvalue weighted by Gasteiger charge is 2.37. The standard InChI is InChI=1S/C14H12O2S/c15-17(16)13-9-5-4-8-12(13)10-14(17)11-6-2-1-3-7-11/h1-9,14H,10H2/t14-/m0/s1. The van der Waals surface area contributed by atoms with Gasteiger partial charge in [-0.1, -0.05) is 48.5 Å². The molecule has 1 aliphatic heterocycles. The van der Waals surface area contributed by atoms with Gasteiger partial charge in [0.25, 0.3) is 0 Å². The number of hydrogen-bond acceptors (Lipinski definition) is 2. The van der Waals surface area contributed by atoms with Gasteiger partial charge in [0.15, 0.2) is 9.84 Å². The Labute approximate surface area is 101 Å². The fraction of sp³-hybridized carbons (Fsp3) is 0.143. The van der Waals surface area contributed by atoms with Crippen LogP contribution < -0.4 is 0 Å². The molecular weight excluding hydrogens is 232 g/mol. The van der Waals surface area contributed by atoms with E-state index < -0.39 is 15.1 Å². The Kier molecular flexibility index (Phi) is 2.30. The lowest BCUT2D eigenvalue weighted by molar-refractivity contribution is 0.589. The lowest BCUT2D eigenvalue weighted by atomic mass is 10.0. The largest absolute Gasteiger partial charge is 0.223 e. The van der Waals surface area contributed by atoms with Crippen LogP contribution in [0.1, 0.15) is 16.4 Å². The molecule has 2 aromatic carbocycles. The van der Waals surface area contributed by atoms with Crippen molar-refractivity contribution in [3.63, 3.8) is 0 Å². The van der Waals surface area contributed by atoms with Crippen LogP contribution in [0.5, 0.6) is 0 Å². The molecule has 0 fully saturated rings. The van der Waals surface area contributed by atoms with E-state index in [2.05, 4.69) is 0 Å². The molecule has 0 spiro atoms. The molecule has 0 aromatic heterocycles. The van der Waals surface area contributed by atoms with E-state index in [1.807, 2.05) is 42.5 Å². The Morgan fingerprint density at radius 1 is 0.882 bits per heavy atom. The molecule has 3 rings (SSSR count).